The summed E-state index contributed by atoms with van der Waals surface area (Å²) < 4.78 is 32.0. The van der Waals surface area contributed by atoms with Crippen LogP contribution < -0.4 is 5.32 Å². The van der Waals surface area contributed by atoms with Crippen molar-refractivity contribution < 1.29 is 17.6 Å². The van der Waals surface area contributed by atoms with E-state index in [9.17, 15) is 13.2 Å². The zero-order valence-corrected chi connectivity index (χ0v) is 17.6. The number of benzene rings is 2. The third kappa shape index (κ3) is 4.59. The van der Waals surface area contributed by atoms with Crippen molar-refractivity contribution in [3.05, 3.63) is 89.4 Å². The fraction of sp³-hybridized carbons (Fsp3) is 0.261. The van der Waals surface area contributed by atoms with E-state index in [0.717, 1.165) is 11.1 Å². The second-order valence-electron chi connectivity index (χ2n) is 7.30. The van der Waals surface area contributed by atoms with Crippen LogP contribution in [0.15, 0.2) is 76.2 Å². The van der Waals surface area contributed by atoms with Gasteiger partial charge in [0.15, 0.2) is 9.84 Å². The fourth-order valence-electron chi connectivity index (χ4n) is 3.15. The minimum Gasteiger partial charge on any atom is -0.468 e. The Hall–Kier alpha value is -2.86. The van der Waals surface area contributed by atoms with E-state index in [1.807, 2.05) is 31.2 Å². The van der Waals surface area contributed by atoms with E-state index < -0.39 is 15.1 Å². The summed E-state index contributed by atoms with van der Waals surface area (Å²) in [7, 11) is -3.76. The molecule has 1 atom stereocenters. The molecule has 0 aliphatic rings. The highest BCUT2D eigenvalue weighted by molar-refractivity contribution is 7.91. The molecular formula is C23H25NO4S. The average molecular weight is 412 g/mol. The van der Waals surface area contributed by atoms with Crippen LogP contribution in [0.25, 0.3) is 0 Å². The standard InChI is InChI=1S/C23H25NO4S/c1-16(2)18-10-12-19(13-11-18)29(26,27)22(21-9-6-14-28-21)15-24-23(25)20-8-5-4-7-17(20)3/h4-14,16,22H,15H2,1-3H3,(H,24,25)/t22-/m1/s1. The highest BCUT2D eigenvalue weighted by atomic mass is 32.2. The van der Waals surface area contributed by atoms with Crippen LogP contribution in [-0.4, -0.2) is 20.9 Å². The first-order chi connectivity index (χ1) is 13.8. The normalized spacial score (nSPS) is 12.7. The van der Waals surface area contributed by atoms with Crippen LogP contribution in [0.4, 0.5) is 0 Å². The third-order valence-electron chi connectivity index (χ3n) is 4.95. The Labute approximate surface area is 171 Å². The first-order valence-corrected chi connectivity index (χ1v) is 11.1. The zero-order valence-electron chi connectivity index (χ0n) is 16.8. The lowest BCUT2D eigenvalue weighted by atomic mass is 10.0. The van der Waals surface area contributed by atoms with Crippen molar-refractivity contribution in [2.75, 3.05) is 6.54 Å². The highest BCUT2D eigenvalue weighted by Crippen LogP contribution is 2.30. The van der Waals surface area contributed by atoms with Crippen LogP contribution in [0.1, 0.15) is 52.3 Å². The zero-order chi connectivity index (χ0) is 21.0. The number of carbonyl (C=O) groups excluding carboxylic acids is 1. The second-order valence-corrected chi connectivity index (χ2v) is 9.43. The molecule has 0 aliphatic heterocycles. The summed E-state index contributed by atoms with van der Waals surface area (Å²) in [5.41, 5.74) is 2.41. The van der Waals surface area contributed by atoms with E-state index in [-0.39, 0.29) is 17.3 Å². The van der Waals surface area contributed by atoms with E-state index in [2.05, 4.69) is 19.2 Å². The lowest BCUT2D eigenvalue weighted by Crippen LogP contribution is -2.32. The minimum absolute atomic E-state index is 0.0883. The van der Waals surface area contributed by atoms with Gasteiger partial charge in [-0.05, 0) is 54.3 Å². The van der Waals surface area contributed by atoms with Gasteiger partial charge in [-0.25, -0.2) is 8.42 Å². The molecule has 1 heterocycles. The van der Waals surface area contributed by atoms with Gasteiger partial charge in [0.25, 0.3) is 5.91 Å². The van der Waals surface area contributed by atoms with Gasteiger partial charge in [0.1, 0.15) is 11.0 Å². The number of sulfone groups is 1. The number of furan rings is 1. The largest absolute Gasteiger partial charge is 0.468 e. The Bertz CT molecular complexity index is 1070. The predicted octanol–water partition coefficient (Wildman–Crippen LogP) is 4.66. The molecule has 0 fully saturated rings. The molecular weight excluding hydrogens is 386 g/mol. The van der Waals surface area contributed by atoms with Crippen LogP contribution in [0, 0.1) is 6.92 Å². The lowest BCUT2D eigenvalue weighted by molar-refractivity contribution is 0.0952. The number of aryl methyl sites for hydroxylation is 1. The van der Waals surface area contributed by atoms with Crippen molar-refractivity contribution in [3.63, 3.8) is 0 Å². The summed E-state index contributed by atoms with van der Waals surface area (Å²) in [6, 6.07) is 17.3. The van der Waals surface area contributed by atoms with Crippen LogP contribution in [0.5, 0.6) is 0 Å². The molecule has 0 bridgehead atoms. The van der Waals surface area contributed by atoms with Crippen molar-refractivity contribution >= 4 is 15.7 Å². The Morgan fingerprint density at radius 2 is 1.69 bits per heavy atom. The average Bonchev–Trinajstić information content (AvgIpc) is 3.22. The van der Waals surface area contributed by atoms with Crippen molar-refractivity contribution in [1.82, 2.24) is 5.32 Å². The first kappa shape index (κ1) is 20.9. The maximum absolute atomic E-state index is 13.3. The SMILES string of the molecule is Cc1ccccc1C(=O)NC[C@H](c1ccco1)S(=O)(=O)c1ccc(C(C)C)cc1. The highest BCUT2D eigenvalue weighted by Gasteiger charge is 2.32. The molecule has 0 saturated heterocycles. The summed E-state index contributed by atoms with van der Waals surface area (Å²) in [6.07, 6.45) is 1.43. The molecule has 152 valence electrons. The summed E-state index contributed by atoms with van der Waals surface area (Å²) in [4.78, 5) is 12.8. The molecule has 0 spiro atoms. The molecule has 1 aromatic heterocycles. The maximum Gasteiger partial charge on any atom is 0.251 e. The molecule has 1 amide bonds. The van der Waals surface area contributed by atoms with Gasteiger partial charge in [-0.3, -0.25) is 4.79 Å². The molecule has 0 radical (unpaired) electrons. The number of amides is 1. The van der Waals surface area contributed by atoms with Crippen molar-refractivity contribution in [2.45, 2.75) is 36.8 Å². The van der Waals surface area contributed by atoms with Gasteiger partial charge in [0.2, 0.25) is 0 Å². The van der Waals surface area contributed by atoms with Gasteiger partial charge in [-0.15, -0.1) is 0 Å². The monoisotopic (exact) mass is 411 g/mol. The Kier molecular flexibility index (Phi) is 6.23. The molecule has 0 aliphatic carbocycles. The maximum atomic E-state index is 13.3. The lowest BCUT2D eigenvalue weighted by Gasteiger charge is -2.17. The Morgan fingerprint density at radius 1 is 1.00 bits per heavy atom. The molecule has 29 heavy (non-hydrogen) atoms. The second kappa shape index (κ2) is 8.66. The number of hydrogen-bond acceptors (Lipinski definition) is 4. The molecule has 6 heteroatoms. The van der Waals surface area contributed by atoms with Crippen molar-refractivity contribution in [1.29, 1.82) is 0 Å². The number of hydrogen-bond donors (Lipinski definition) is 1. The van der Waals surface area contributed by atoms with E-state index in [1.54, 1.807) is 36.4 Å². The quantitative estimate of drug-likeness (QED) is 0.614. The van der Waals surface area contributed by atoms with E-state index in [1.165, 1.54) is 6.26 Å². The van der Waals surface area contributed by atoms with Gasteiger partial charge in [0.05, 0.1) is 11.2 Å². The van der Waals surface area contributed by atoms with E-state index in [0.29, 0.717) is 17.2 Å². The molecule has 0 unspecified atom stereocenters. The van der Waals surface area contributed by atoms with Gasteiger partial charge in [-0.2, -0.15) is 0 Å². The van der Waals surface area contributed by atoms with Crippen LogP contribution in [0.2, 0.25) is 0 Å². The number of nitrogens with one attached hydrogen (secondary N) is 1. The topological polar surface area (TPSA) is 76.4 Å². The Morgan fingerprint density at radius 3 is 2.28 bits per heavy atom. The summed E-state index contributed by atoms with van der Waals surface area (Å²) >= 11 is 0. The minimum atomic E-state index is -3.76. The third-order valence-corrected chi connectivity index (χ3v) is 7.03. The van der Waals surface area contributed by atoms with Crippen LogP contribution in [0.3, 0.4) is 0 Å². The van der Waals surface area contributed by atoms with E-state index >= 15 is 0 Å². The molecule has 1 N–H and O–H groups in total. The number of carbonyl (C=O) groups is 1. The van der Waals surface area contributed by atoms with Gasteiger partial charge < -0.3 is 9.73 Å². The van der Waals surface area contributed by atoms with Crippen LogP contribution >= 0.6 is 0 Å². The van der Waals surface area contributed by atoms with Crippen LogP contribution in [-0.2, 0) is 9.84 Å². The van der Waals surface area contributed by atoms with Gasteiger partial charge in [-0.1, -0.05) is 44.2 Å². The Balaban J connectivity index is 1.87. The van der Waals surface area contributed by atoms with Gasteiger partial charge in [0, 0.05) is 12.1 Å². The smallest absolute Gasteiger partial charge is 0.251 e. The molecule has 3 aromatic rings. The molecule has 2 aromatic carbocycles. The predicted molar refractivity (Wildman–Crippen MR) is 113 cm³/mol. The molecule has 5 nitrogen and oxygen atoms in total. The molecule has 3 rings (SSSR count). The summed E-state index contributed by atoms with van der Waals surface area (Å²) in [6.45, 7) is 5.85. The van der Waals surface area contributed by atoms with Crippen molar-refractivity contribution in [2.24, 2.45) is 0 Å². The summed E-state index contributed by atoms with van der Waals surface area (Å²) in [5.74, 6) is 0.286. The van der Waals surface area contributed by atoms with Crippen molar-refractivity contribution in [3.8, 4) is 0 Å². The summed E-state index contributed by atoms with van der Waals surface area (Å²) in [5, 5.41) is 1.74. The van der Waals surface area contributed by atoms with Gasteiger partial charge >= 0.3 is 0 Å². The number of rotatable bonds is 7. The van der Waals surface area contributed by atoms with E-state index in [4.69, 9.17) is 4.42 Å². The first-order valence-electron chi connectivity index (χ1n) is 9.52. The molecule has 0 saturated carbocycles. The fourth-order valence-corrected chi connectivity index (χ4v) is 4.74.